The predicted octanol–water partition coefficient (Wildman–Crippen LogP) is 2.85. The second kappa shape index (κ2) is 4.90. The predicted molar refractivity (Wildman–Crippen MR) is 81.7 cm³/mol. The first kappa shape index (κ1) is 12.6. The summed E-state index contributed by atoms with van der Waals surface area (Å²) in [6, 6.07) is 11.6. The van der Waals surface area contributed by atoms with Crippen LogP contribution < -0.4 is 10.6 Å². The minimum atomic E-state index is 0.203. The van der Waals surface area contributed by atoms with Gasteiger partial charge in [0.2, 0.25) is 5.95 Å². The average Bonchev–Trinajstić information content (AvgIpc) is 2.89. The fourth-order valence-electron chi connectivity index (χ4n) is 2.03. The van der Waals surface area contributed by atoms with Crippen LogP contribution in [0.4, 0.5) is 17.5 Å². The Morgan fingerprint density at radius 3 is 2.70 bits per heavy atom. The van der Waals surface area contributed by atoms with Crippen LogP contribution in [0.5, 0.6) is 0 Å². The van der Waals surface area contributed by atoms with Crippen LogP contribution >= 0.6 is 11.3 Å². The van der Waals surface area contributed by atoms with Crippen molar-refractivity contribution in [1.82, 2.24) is 9.97 Å². The fraction of sp³-hybridized carbons (Fsp3) is 0.0714. The number of aldehydes is 1. The van der Waals surface area contributed by atoms with Gasteiger partial charge in [-0.15, -0.1) is 11.3 Å². The van der Waals surface area contributed by atoms with Crippen LogP contribution in [-0.4, -0.2) is 23.3 Å². The molecule has 5 nitrogen and oxygen atoms in total. The molecule has 0 radical (unpaired) electrons. The van der Waals surface area contributed by atoms with Crippen molar-refractivity contribution < 1.29 is 4.79 Å². The summed E-state index contributed by atoms with van der Waals surface area (Å²) in [6.07, 6.45) is 0.814. The van der Waals surface area contributed by atoms with Gasteiger partial charge in [-0.3, -0.25) is 4.79 Å². The molecule has 0 aliphatic carbocycles. The topological polar surface area (TPSA) is 72.1 Å². The Kier molecular flexibility index (Phi) is 3.08. The van der Waals surface area contributed by atoms with Crippen LogP contribution in [0.25, 0.3) is 10.2 Å². The Labute approximate surface area is 119 Å². The Balaban J connectivity index is 2.19. The molecule has 0 unspecified atom stereocenters. The van der Waals surface area contributed by atoms with Crippen LogP contribution in [0, 0.1) is 0 Å². The molecule has 2 N–H and O–H groups in total. The number of thiophene rings is 1. The van der Waals surface area contributed by atoms with E-state index in [1.807, 2.05) is 42.3 Å². The number of anilines is 3. The normalized spacial score (nSPS) is 10.7. The van der Waals surface area contributed by atoms with E-state index in [-0.39, 0.29) is 5.95 Å². The zero-order chi connectivity index (χ0) is 14.1. The third kappa shape index (κ3) is 2.10. The fourth-order valence-corrected chi connectivity index (χ4v) is 2.88. The molecule has 0 bridgehead atoms. The summed E-state index contributed by atoms with van der Waals surface area (Å²) in [5.41, 5.74) is 6.75. The van der Waals surface area contributed by atoms with Crippen molar-refractivity contribution in [1.29, 1.82) is 0 Å². The summed E-state index contributed by atoms with van der Waals surface area (Å²) in [5, 5.41) is 0.831. The highest BCUT2D eigenvalue weighted by molar-refractivity contribution is 7.20. The van der Waals surface area contributed by atoms with E-state index in [4.69, 9.17) is 5.73 Å². The van der Waals surface area contributed by atoms with Crippen LogP contribution in [-0.2, 0) is 0 Å². The number of nitrogens with zero attached hydrogens (tertiary/aromatic N) is 3. The van der Waals surface area contributed by atoms with Gasteiger partial charge in [0, 0.05) is 12.7 Å². The summed E-state index contributed by atoms with van der Waals surface area (Å²) < 4.78 is 0. The highest BCUT2D eigenvalue weighted by Gasteiger charge is 2.14. The standard InChI is InChI=1S/C14H12N4OS/c1-18(9-5-3-2-4-6-9)12-11-7-10(8-19)20-13(11)17-14(15)16-12/h2-8H,1H3,(H2,15,16,17). The average molecular weight is 284 g/mol. The van der Waals surface area contributed by atoms with Gasteiger partial charge in [-0.25, -0.2) is 4.98 Å². The van der Waals surface area contributed by atoms with E-state index in [1.165, 1.54) is 11.3 Å². The van der Waals surface area contributed by atoms with Gasteiger partial charge in [-0.2, -0.15) is 4.98 Å². The van der Waals surface area contributed by atoms with Gasteiger partial charge in [-0.1, -0.05) is 18.2 Å². The minimum Gasteiger partial charge on any atom is -0.368 e. The minimum absolute atomic E-state index is 0.203. The number of nitrogens with two attached hydrogens (primary N) is 1. The van der Waals surface area contributed by atoms with Crippen molar-refractivity contribution in [3.63, 3.8) is 0 Å². The molecular formula is C14H12N4OS. The number of benzene rings is 1. The maximum absolute atomic E-state index is 10.9. The molecule has 6 heteroatoms. The molecule has 0 fully saturated rings. The molecule has 0 aliphatic heterocycles. The number of hydrogen-bond donors (Lipinski definition) is 1. The van der Waals surface area contributed by atoms with E-state index in [0.29, 0.717) is 10.7 Å². The largest absolute Gasteiger partial charge is 0.368 e. The molecule has 2 heterocycles. The first-order valence-corrected chi connectivity index (χ1v) is 6.81. The Bertz CT molecular complexity index is 769. The van der Waals surface area contributed by atoms with Crippen LogP contribution in [0.15, 0.2) is 36.4 Å². The molecule has 20 heavy (non-hydrogen) atoms. The molecule has 2 aromatic heterocycles. The lowest BCUT2D eigenvalue weighted by molar-refractivity contribution is 0.112. The molecule has 3 aromatic rings. The number of rotatable bonds is 3. The maximum Gasteiger partial charge on any atom is 0.223 e. The van der Waals surface area contributed by atoms with Crippen LogP contribution in [0.1, 0.15) is 9.67 Å². The van der Waals surface area contributed by atoms with E-state index < -0.39 is 0 Å². The molecule has 0 atom stereocenters. The Morgan fingerprint density at radius 1 is 1.25 bits per heavy atom. The molecule has 0 saturated carbocycles. The molecule has 0 amide bonds. The number of para-hydroxylation sites is 1. The van der Waals surface area contributed by atoms with Gasteiger partial charge in [0.25, 0.3) is 0 Å². The smallest absolute Gasteiger partial charge is 0.223 e. The summed E-state index contributed by atoms with van der Waals surface area (Å²) in [4.78, 5) is 22.7. The molecule has 0 saturated heterocycles. The van der Waals surface area contributed by atoms with Gasteiger partial charge in [-0.05, 0) is 18.2 Å². The Morgan fingerprint density at radius 2 is 2.00 bits per heavy atom. The quantitative estimate of drug-likeness (QED) is 0.749. The summed E-state index contributed by atoms with van der Waals surface area (Å²) >= 11 is 1.31. The Hall–Kier alpha value is -2.47. The molecule has 0 spiro atoms. The SMILES string of the molecule is CN(c1ccccc1)c1nc(N)nc2sc(C=O)cc12. The van der Waals surface area contributed by atoms with Gasteiger partial charge in [0.1, 0.15) is 10.6 Å². The van der Waals surface area contributed by atoms with Crippen molar-refractivity contribution in [2.45, 2.75) is 0 Å². The van der Waals surface area contributed by atoms with Gasteiger partial charge >= 0.3 is 0 Å². The van der Waals surface area contributed by atoms with Gasteiger partial charge < -0.3 is 10.6 Å². The first-order chi connectivity index (χ1) is 9.69. The molecule has 3 rings (SSSR count). The number of carbonyl (C=O) groups excluding carboxylic acids is 1. The van der Waals surface area contributed by atoms with E-state index in [9.17, 15) is 4.79 Å². The third-order valence-corrected chi connectivity index (χ3v) is 3.94. The molecule has 0 aliphatic rings. The molecule has 100 valence electrons. The number of aromatic nitrogens is 2. The zero-order valence-electron chi connectivity index (χ0n) is 10.8. The lowest BCUT2D eigenvalue weighted by Crippen LogP contribution is -2.12. The van der Waals surface area contributed by atoms with E-state index in [0.717, 1.165) is 22.2 Å². The van der Waals surface area contributed by atoms with Gasteiger partial charge in [0.15, 0.2) is 6.29 Å². The summed E-state index contributed by atoms with van der Waals surface area (Å²) in [5.74, 6) is 0.901. The van der Waals surface area contributed by atoms with Crippen molar-refractivity contribution in [2.75, 3.05) is 17.7 Å². The van der Waals surface area contributed by atoms with Crippen LogP contribution in [0.2, 0.25) is 0 Å². The van der Waals surface area contributed by atoms with E-state index in [2.05, 4.69) is 9.97 Å². The number of carbonyl (C=O) groups is 1. The monoisotopic (exact) mass is 284 g/mol. The summed E-state index contributed by atoms with van der Waals surface area (Å²) in [7, 11) is 1.91. The highest BCUT2D eigenvalue weighted by atomic mass is 32.1. The first-order valence-electron chi connectivity index (χ1n) is 6.00. The van der Waals surface area contributed by atoms with Gasteiger partial charge in [0.05, 0.1) is 10.3 Å². The highest BCUT2D eigenvalue weighted by Crippen LogP contribution is 2.33. The third-order valence-electron chi connectivity index (χ3n) is 2.99. The molecular weight excluding hydrogens is 272 g/mol. The van der Waals surface area contributed by atoms with Crippen molar-refractivity contribution in [3.05, 3.63) is 41.3 Å². The second-order valence-corrected chi connectivity index (χ2v) is 5.35. The van der Waals surface area contributed by atoms with Crippen molar-refractivity contribution in [3.8, 4) is 0 Å². The lowest BCUT2D eigenvalue weighted by Gasteiger charge is -2.19. The second-order valence-electron chi connectivity index (χ2n) is 4.29. The number of fused-ring (bicyclic) bond motifs is 1. The zero-order valence-corrected chi connectivity index (χ0v) is 11.6. The van der Waals surface area contributed by atoms with E-state index >= 15 is 0 Å². The van der Waals surface area contributed by atoms with Crippen molar-refractivity contribution >= 4 is 45.3 Å². The van der Waals surface area contributed by atoms with Crippen LogP contribution in [0.3, 0.4) is 0 Å². The molecule has 1 aromatic carbocycles. The maximum atomic E-state index is 10.9. The number of hydrogen-bond acceptors (Lipinski definition) is 6. The summed E-state index contributed by atoms with van der Waals surface area (Å²) in [6.45, 7) is 0. The number of nitrogen functional groups attached to an aromatic ring is 1. The lowest BCUT2D eigenvalue weighted by atomic mass is 10.2. The van der Waals surface area contributed by atoms with Crippen molar-refractivity contribution in [2.24, 2.45) is 0 Å². The van der Waals surface area contributed by atoms with E-state index in [1.54, 1.807) is 6.07 Å².